The monoisotopic (exact) mass is 271 g/mol. The molecule has 0 heterocycles. The van der Waals surface area contributed by atoms with E-state index in [9.17, 15) is 10.0 Å². The van der Waals surface area contributed by atoms with Gasteiger partial charge in [-0.25, -0.2) is 10.4 Å². The summed E-state index contributed by atoms with van der Waals surface area (Å²) in [4.78, 5) is 12.2. The fourth-order valence-electron chi connectivity index (χ4n) is 2.21. The van der Waals surface area contributed by atoms with Crippen molar-refractivity contribution in [3.63, 3.8) is 0 Å². The van der Waals surface area contributed by atoms with Crippen molar-refractivity contribution in [3.8, 4) is 0 Å². The van der Waals surface area contributed by atoms with Crippen molar-refractivity contribution in [2.75, 3.05) is 6.54 Å². The molecule has 0 aliphatic carbocycles. The second-order valence-corrected chi connectivity index (χ2v) is 4.70. The predicted octanol–water partition coefficient (Wildman–Crippen LogP) is 1.82. The summed E-state index contributed by atoms with van der Waals surface area (Å²) in [7, 11) is 0. The van der Waals surface area contributed by atoms with E-state index < -0.39 is 5.23 Å². The molecule has 2 N–H and O–H groups in total. The van der Waals surface area contributed by atoms with Crippen molar-refractivity contribution >= 4 is 5.78 Å². The number of hydrogen-bond acceptors (Lipinski definition) is 3. The summed E-state index contributed by atoms with van der Waals surface area (Å²) in [5.41, 5.74) is 1.51. The van der Waals surface area contributed by atoms with E-state index in [2.05, 4.69) is 0 Å². The lowest BCUT2D eigenvalue weighted by Crippen LogP contribution is -3.05. The van der Waals surface area contributed by atoms with Crippen molar-refractivity contribution in [1.29, 1.82) is 0 Å². The molecule has 2 unspecified atom stereocenters. The zero-order valence-corrected chi connectivity index (χ0v) is 11.0. The van der Waals surface area contributed by atoms with Crippen LogP contribution < -0.4 is 5.23 Å². The molecule has 104 valence electrons. The fraction of sp³-hybridized carbons (Fsp3) is 0.188. The van der Waals surface area contributed by atoms with E-state index in [1.807, 2.05) is 48.5 Å². The number of hydroxylamine groups is 2. The van der Waals surface area contributed by atoms with Gasteiger partial charge in [0, 0.05) is 17.9 Å². The largest absolute Gasteiger partial charge is 0.600 e. The van der Waals surface area contributed by atoms with Crippen molar-refractivity contribution in [3.05, 3.63) is 77.0 Å². The Morgan fingerprint density at radius 3 is 2.15 bits per heavy atom. The van der Waals surface area contributed by atoms with E-state index in [1.54, 1.807) is 12.1 Å². The highest BCUT2D eigenvalue weighted by molar-refractivity contribution is 5.96. The number of nitrogens with one attached hydrogen (secondary N) is 1. The van der Waals surface area contributed by atoms with Gasteiger partial charge in [-0.15, -0.1) is 0 Å². The lowest BCUT2D eigenvalue weighted by atomic mass is 9.91. The molecule has 2 aromatic rings. The number of ketones is 1. The van der Waals surface area contributed by atoms with Crippen LogP contribution in [0.5, 0.6) is 0 Å². The average molecular weight is 271 g/mol. The minimum atomic E-state index is -0.889. The topological polar surface area (TPSA) is 64.8 Å². The second-order valence-electron chi connectivity index (χ2n) is 4.70. The molecule has 2 rings (SSSR count). The molecule has 0 fully saturated rings. The first-order chi connectivity index (χ1) is 9.66. The number of Topliss-reactive ketones (excluding diaryl/α,β-unsaturated/α-hetero) is 1. The quantitative estimate of drug-likeness (QED) is 0.622. The third kappa shape index (κ3) is 3.99. The molecule has 4 nitrogen and oxygen atoms in total. The Labute approximate surface area is 117 Å². The molecule has 2 aromatic carbocycles. The Morgan fingerprint density at radius 1 is 1.05 bits per heavy atom. The molecule has 0 aliphatic heterocycles. The van der Waals surface area contributed by atoms with Crippen LogP contribution in [0.25, 0.3) is 0 Å². The lowest BCUT2D eigenvalue weighted by molar-refractivity contribution is -1.05. The summed E-state index contributed by atoms with van der Waals surface area (Å²) < 4.78 is 0. The minimum absolute atomic E-state index is 0.0271. The molecule has 0 amide bonds. The number of carbonyl (C=O) groups is 1. The molecule has 0 aliphatic rings. The number of quaternary nitrogens is 1. The van der Waals surface area contributed by atoms with Gasteiger partial charge in [-0.1, -0.05) is 60.7 Å². The number of hydrogen-bond donors (Lipinski definition) is 2. The van der Waals surface area contributed by atoms with Gasteiger partial charge in [-0.3, -0.25) is 4.79 Å². The normalized spacial score (nSPS) is 13.7. The molecule has 0 aromatic heterocycles. The maximum Gasteiger partial charge on any atom is 0.163 e. The van der Waals surface area contributed by atoms with Crippen molar-refractivity contribution in [2.45, 2.75) is 12.3 Å². The summed E-state index contributed by atoms with van der Waals surface area (Å²) in [6, 6.07) is 18.3. The molecular formula is C16H17NO3. The van der Waals surface area contributed by atoms with Gasteiger partial charge in [0.05, 0.1) is 0 Å². The van der Waals surface area contributed by atoms with Crippen molar-refractivity contribution in [1.82, 2.24) is 0 Å². The summed E-state index contributed by atoms with van der Waals surface area (Å²) in [5.74, 6) is -0.317. The Balaban J connectivity index is 2.14. The highest BCUT2D eigenvalue weighted by atomic mass is 16.8. The molecular weight excluding hydrogens is 254 g/mol. The minimum Gasteiger partial charge on any atom is -0.600 e. The van der Waals surface area contributed by atoms with Crippen LogP contribution in [-0.4, -0.2) is 17.5 Å². The summed E-state index contributed by atoms with van der Waals surface area (Å²) >= 11 is 0. The van der Waals surface area contributed by atoms with Gasteiger partial charge < -0.3 is 5.21 Å². The van der Waals surface area contributed by atoms with Crippen LogP contribution in [0.3, 0.4) is 0 Å². The molecule has 0 radical (unpaired) electrons. The van der Waals surface area contributed by atoms with E-state index in [1.165, 1.54) is 0 Å². The summed E-state index contributed by atoms with van der Waals surface area (Å²) in [5, 5.41) is 19.1. The summed E-state index contributed by atoms with van der Waals surface area (Å²) in [6.07, 6.45) is 0.209. The number of carbonyl (C=O) groups excluding carboxylic acids is 1. The van der Waals surface area contributed by atoms with Crippen LogP contribution >= 0.6 is 0 Å². The van der Waals surface area contributed by atoms with Crippen molar-refractivity contribution in [2.24, 2.45) is 0 Å². The van der Waals surface area contributed by atoms with Gasteiger partial charge in [0.25, 0.3) is 0 Å². The van der Waals surface area contributed by atoms with E-state index >= 15 is 0 Å². The SMILES string of the molecule is O=C(CC(C[NH+]([O-])O)c1ccccc1)c1ccccc1. The highest BCUT2D eigenvalue weighted by Gasteiger charge is 2.19. The zero-order valence-electron chi connectivity index (χ0n) is 11.0. The van der Waals surface area contributed by atoms with Gasteiger partial charge in [-0.2, -0.15) is 0 Å². The molecule has 0 spiro atoms. The third-order valence-corrected chi connectivity index (χ3v) is 3.22. The van der Waals surface area contributed by atoms with Gasteiger partial charge in [0.2, 0.25) is 0 Å². The maximum absolute atomic E-state index is 12.2. The Kier molecular flexibility index (Phi) is 5.01. The standard InChI is InChI=1S/C16H17NO3/c18-16(14-9-5-2-6-10-14)11-15(12-17(19)20)13-7-3-1-4-8-13/h1-10,15,17,19H,11-12H2. The third-order valence-electron chi connectivity index (χ3n) is 3.22. The van der Waals surface area contributed by atoms with Gasteiger partial charge >= 0.3 is 0 Å². The van der Waals surface area contributed by atoms with Gasteiger partial charge in [0.1, 0.15) is 6.54 Å². The van der Waals surface area contributed by atoms with Crippen LogP contribution in [0.2, 0.25) is 0 Å². The van der Waals surface area contributed by atoms with Gasteiger partial charge in [0.15, 0.2) is 5.78 Å². The molecule has 0 bridgehead atoms. The average Bonchev–Trinajstić information content (AvgIpc) is 2.48. The zero-order chi connectivity index (χ0) is 14.4. The van der Waals surface area contributed by atoms with E-state index in [0.29, 0.717) is 5.56 Å². The number of rotatable bonds is 6. The first kappa shape index (κ1) is 14.4. The maximum atomic E-state index is 12.2. The highest BCUT2D eigenvalue weighted by Crippen LogP contribution is 2.20. The molecule has 4 heteroatoms. The second kappa shape index (κ2) is 6.96. The Morgan fingerprint density at radius 2 is 1.60 bits per heavy atom. The van der Waals surface area contributed by atoms with Gasteiger partial charge in [-0.05, 0) is 5.56 Å². The van der Waals surface area contributed by atoms with E-state index in [4.69, 9.17) is 5.21 Å². The number of benzene rings is 2. The van der Waals surface area contributed by atoms with Crippen molar-refractivity contribution < 1.29 is 15.2 Å². The first-order valence-electron chi connectivity index (χ1n) is 6.52. The first-order valence-corrected chi connectivity index (χ1v) is 6.52. The van der Waals surface area contributed by atoms with E-state index in [0.717, 1.165) is 5.56 Å². The summed E-state index contributed by atoms with van der Waals surface area (Å²) in [6.45, 7) is -0.0391. The molecule has 0 saturated carbocycles. The Hall–Kier alpha value is -2.01. The smallest absolute Gasteiger partial charge is 0.163 e. The van der Waals surface area contributed by atoms with Crippen LogP contribution in [0.1, 0.15) is 28.3 Å². The van der Waals surface area contributed by atoms with Crippen LogP contribution in [0, 0.1) is 5.21 Å². The van der Waals surface area contributed by atoms with Crippen LogP contribution in [0.4, 0.5) is 0 Å². The van der Waals surface area contributed by atoms with Crippen LogP contribution in [0.15, 0.2) is 60.7 Å². The Bertz CT molecular complexity index is 540. The fourth-order valence-corrected chi connectivity index (χ4v) is 2.21. The van der Waals surface area contributed by atoms with E-state index in [-0.39, 0.29) is 24.7 Å². The lowest BCUT2D eigenvalue weighted by Gasteiger charge is -2.20. The molecule has 0 saturated heterocycles. The molecule has 2 atom stereocenters. The molecule has 20 heavy (non-hydrogen) atoms. The predicted molar refractivity (Wildman–Crippen MR) is 75.6 cm³/mol. The van der Waals surface area contributed by atoms with Crippen LogP contribution in [-0.2, 0) is 0 Å².